The first-order valence-electron chi connectivity index (χ1n) is 6.01. The largest absolute Gasteiger partial charge is 0.310 e. The van der Waals surface area contributed by atoms with E-state index in [1.54, 1.807) is 19.2 Å². The number of carbonyl (C=O) groups excluding carboxylic acids is 1. The van der Waals surface area contributed by atoms with E-state index in [1.807, 2.05) is 31.2 Å². The van der Waals surface area contributed by atoms with Gasteiger partial charge in [-0.1, -0.05) is 29.3 Å². The van der Waals surface area contributed by atoms with E-state index in [4.69, 9.17) is 17.4 Å². The van der Waals surface area contributed by atoms with E-state index in [0.29, 0.717) is 5.82 Å². The van der Waals surface area contributed by atoms with E-state index in [-0.39, 0.29) is 16.6 Å². The lowest BCUT2D eigenvalue weighted by atomic mass is 10.2. The van der Waals surface area contributed by atoms with Crippen molar-refractivity contribution < 1.29 is 4.79 Å². The Labute approximate surface area is 122 Å². The maximum Gasteiger partial charge on any atom is 0.278 e. The van der Waals surface area contributed by atoms with E-state index in [0.717, 1.165) is 11.3 Å². The molecule has 0 saturated carbocycles. The second-order valence-electron chi connectivity index (χ2n) is 4.37. The van der Waals surface area contributed by atoms with Gasteiger partial charge < -0.3 is 10.3 Å². The topological polar surface area (TPSA) is 71.2 Å². The summed E-state index contributed by atoms with van der Waals surface area (Å²) in [4.78, 5) is 18.0. The van der Waals surface area contributed by atoms with Crippen molar-refractivity contribution in [3.05, 3.63) is 52.7 Å². The smallest absolute Gasteiger partial charge is 0.278 e. The number of pyridine rings is 1. The number of nitrogens with two attached hydrogens (primary N) is 1. The summed E-state index contributed by atoms with van der Waals surface area (Å²) in [6, 6.07) is 10.8. The summed E-state index contributed by atoms with van der Waals surface area (Å²) >= 11 is 6.03. The number of rotatable bonds is 3. The minimum absolute atomic E-state index is 0.158. The number of amides is 1. The molecule has 1 aromatic heterocycles. The molecular weight excluding hydrogens is 276 g/mol. The SMILES string of the molecule is Cc1ccc(N(C)C(=O)c2nc(NN)ccc2Cl)cc1. The van der Waals surface area contributed by atoms with Crippen LogP contribution in [0.2, 0.25) is 5.02 Å². The van der Waals surface area contributed by atoms with Crippen LogP contribution >= 0.6 is 11.6 Å². The first-order valence-corrected chi connectivity index (χ1v) is 6.38. The lowest BCUT2D eigenvalue weighted by molar-refractivity contribution is 0.0988. The third-order valence-corrected chi connectivity index (χ3v) is 3.23. The molecule has 2 aromatic rings. The molecular formula is C14H15ClN4O. The molecule has 20 heavy (non-hydrogen) atoms. The lowest BCUT2D eigenvalue weighted by Crippen LogP contribution is -2.27. The lowest BCUT2D eigenvalue weighted by Gasteiger charge is -2.18. The van der Waals surface area contributed by atoms with Gasteiger partial charge in [-0.25, -0.2) is 10.8 Å². The molecule has 1 heterocycles. The zero-order valence-corrected chi connectivity index (χ0v) is 12.0. The number of benzene rings is 1. The second-order valence-corrected chi connectivity index (χ2v) is 4.78. The molecule has 104 valence electrons. The van der Waals surface area contributed by atoms with E-state index in [9.17, 15) is 4.79 Å². The first kappa shape index (κ1) is 14.3. The monoisotopic (exact) mass is 290 g/mol. The molecule has 3 N–H and O–H groups in total. The van der Waals surface area contributed by atoms with Gasteiger partial charge in [0.2, 0.25) is 0 Å². The second kappa shape index (κ2) is 5.90. The number of hydrogen-bond acceptors (Lipinski definition) is 4. The first-order chi connectivity index (χ1) is 9.52. The van der Waals surface area contributed by atoms with Crippen molar-refractivity contribution in [1.82, 2.24) is 4.98 Å². The van der Waals surface area contributed by atoms with Gasteiger partial charge in [0.25, 0.3) is 5.91 Å². The number of aryl methyl sites for hydroxylation is 1. The number of anilines is 2. The number of hydrazine groups is 1. The summed E-state index contributed by atoms with van der Waals surface area (Å²) in [5, 5.41) is 0.285. The van der Waals surface area contributed by atoms with Crippen LogP contribution in [0.5, 0.6) is 0 Å². The molecule has 0 aliphatic carbocycles. The standard InChI is InChI=1S/C14H15ClN4O/c1-9-3-5-10(6-4-9)19(2)14(20)13-11(15)7-8-12(17-13)18-16/h3-8H,16H2,1-2H3,(H,17,18). The van der Waals surface area contributed by atoms with Crippen LogP contribution in [-0.4, -0.2) is 17.9 Å². The van der Waals surface area contributed by atoms with Crippen LogP contribution in [0.3, 0.4) is 0 Å². The number of nitrogen functional groups attached to an aromatic ring is 1. The van der Waals surface area contributed by atoms with Gasteiger partial charge in [-0.05, 0) is 31.2 Å². The summed E-state index contributed by atoms with van der Waals surface area (Å²) < 4.78 is 0. The highest BCUT2D eigenvalue weighted by Crippen LogP contribution is 2.21. The summed E-state index contributed by atoms with van der Waals surface area (Å²) in [5.74, 6) is 5.38. The van der Waals surface area contributed by atoms with Crippen LogP contribution in [0.4, 0.5) is 11.5 Å². The number of aromatic nitrogens is 1. The zero-order chi connectivity index (χ0) is 14.7. The summed E-state index contributed by atoms with van der Waals surface area (Å²) in [7, 11) is 1.67. The van der Waals surface area contributed by atoms with Crippen LogP contribution in [0.25, 0.3) is 0 Å². The molecule has 0 fully saturated rings. The quantitative estimate of drug-likeness (QED) is 0.673. The fraction of sp³-hybridized carbons (Fsp3) is 0.143. The third-order valence-electron chi connectivity index (χ3n) is 2.92. The molecule has 6 heteroatoms. The van der Waals surface area contributed by atoms with E-state index < -0.39 is 0 Å². The predicted molar refractivity (Wildman–Crippen MR) is 81.0 cm³/mol. The number of nitrogens with zero attached hydrogens (tertiary/aromatic N) is 2. The van der Waals surface area contributed by atoms with Crippen molar-refractivity contribution in [2.24, 2.45) is 5.84 Å². The highest BCUT2D eigenvalue weighted by Gasteiger charge is 2.18. The molecule has 0 aliphatic heterocycles. The molecule has 2 rings (SSSR count). The van der Waals surface area contributed by atoms with Crippen LogP contribution in [-0.2, 0) is 0 Å². The van der Waals surface area contributed by atoms with E-state index in [1.165, 1.54) is 4.90 Å². The zero-order valence-electron chi connectivity index (χ0n) is 11.2. The Morgan fingerprint density at radius 3 is 2.50 bits per heavy atom. The van der Waals surface area contributed by atoms with Gasteiger partial charge in [0.15, 0.2) is 0 Å². The molecule has 0 unspecified atom stereocenters. The maximum atomic E-state index is 12.4. The Bertz CT molecular complexity index is 628. The fourth-order valence-corrected chi connectivity index (χ4v) is 1.90. The van der Waals surface area contributed by atoms with Gasteiger partial charge in [0.1, 0.15) is 11.5 Å². The molecule has 0 spiro atoms. The maximum absolute atomic E-state index is 12.4. The van der Waals surface area contributed by atoms with Crippen LogP contribution in [0.15, 0.2) is 36.4 Å². The van der Waals surface area contributed by atoms with Crippen LogP contribution in [0.1, 0.15) is 16.1 Å². The average molecular weight is 291 g/mol. The van der Waals surface area contributed by atoms with Crippen molar-refractivity contribution >= 4 is 29.0 Å². The number of hydrogen-bond donors (Lipinski definition) is 2. The summed E-state index contributed by atoms with van der Waals surface area (Å²) in [6.07, 6.45) is 0. The number of carbonyl (C=O) groups is 1. The van der Waals surface area contributed by atoms with Crippen molar-refractivity contribution in [2.75, 3.05) is 17.4 Å². The van der Waals surface area contributed by atoms with Gasteiger partial charge >= 0.3 is 0 Å². The van der Waals surface area contributed by atoms with E-state index >= 15 is 0 Å². The molecule has 0 bridgehead atoms. The molecule has 1 aromatic carbocycles. The molecule has 5 nitrogen and oxygen atoms in total. The Balaban J connectivity index is 2.33. The van der Waals surface area contributed by atoms with Gasteiger partial charge in [-0.15, -0.1) is 0 Å². The van der Waals surface area contributed by atoms with Gasteiger partial charge in [-0.3, -0.25) is 4.79 Å². The molecule has 1 amide bonds. The Hall–Kier alpha value is -2.11. The fourth-order valence-electron chi connectivity index (χ4n) is 1.72. The minimum Gasteiger partial charge on any atom is -0.310 e. The van der Waals surface area contributed by atoms with Crippen molar-refractivity contribution in [2.45, 2.75) is 6.92 Å². The molecule has 0 aliphatic rings. The Kier molecular flexibility index (Phi) is 4.22. The Morgan fingerprint density at radius 1 is 1.25 bits per heavy atom. The summed E-state index contributed by atoms with van der Waals surface area (Å²) in [5.41, 5.74) is 4.45. The van der Waals surface area contributed by atoms with Crippen molar-refractivity contribution in [3.63, 3.8) is 0 Å². The van der Waals surface area contributed by atoms with Crippen LogP contribution in [0, 0.1) is 6.92 Å². The average Bonchev–Trinajstić information content (AvgIpc) is 2.47. The minimum atomic E-state index is -0.295. The molecule has 0 saturated heterocycles. The number of nitrogens with one attached hydrogen (secondary N) is 1. The van der Waals surface area contributed by atoms with Crippen LogP contribution < -0.4 is 16.2 Å². The number of halogens is 1. The molecule has 0 atom stereocenters. The normalized spacial score (nSPS) is 10.2. The highest BCUT2D eigenvalue weighted by atomic mass is 35.5. The highest BCUT2D eigenvalue weighted by molar-refractivity contribution is 6.34. The molecule has 0 radical (unpaired) electrons. The summed E-state index contributed by atoms with van der Waals surface area (Å²) in [6.45, 7) is 1.99. The van der Waals surface area contributed by atoms with Gasteiger partial charge in [-0.2, -0.15) is 0 Å². The predicted octanol–water partition coefficient (Wildman–Crippen LogP) is 2.61. The van der Waals surface area contributed by atoms with Crippen molar-refractivity contribution in [1.29, 1.82) is 0 Å². The van der Waals surface area contributed by atoms with E-state index in [2.05, 4.69) is 10.4 Å². The Morgan fingerprint density at radius 2 is 1.90 bits per heavy atom. The van der Waals surface area contributed by atoms with Gasteiger partial charge in [0.05, 0.1) is 5.02 Å². The van der Waals surface area contributed by atoms with Crippen molar-refractivity contribution in [3.8, 4) is 0 Å². The van der Waals surface area contributed by atoms with Gasteiger partial charge in [0, 0.05) is 12.7 Å². The third kappa shape index (κ3) is 2.89.